The number of amides is 1. The molecule has 0 aliphatic heterocycles. The van der Waals surface area contributed by atoms with E-state index >= 15 is 0 Å². The van der Waals surface area contributed by atoms with Crippen LogP contribution in [0.5, 0.6) is 5.75 Å². The van der Waals surface area contributed by atoms with Crippen molar-refractivity contribution in [2.24, 2.45) is 5.92 Å². The van der Waals surface area contributed by atoms with Gasteiger partial charge in [0.15, 0.2) is 6.61 Å². The molecular weight excluding hydrogens is 330 g/mol. The summed E-state index contributed by atoms with van der Waals surface area (Å²) >= 11 is 0. The summed E-state index contributed by atoms with van der Waals surface area (Å²) in [6.45, 7) is 0.241. The number of esters is 1. The third kappa shape index (κ3) is 5.34. The monoisotopic (exact) mass is 353 g/mol. The van der Waals surface area contributed by atoms with Gasteiger partial charge in [0.2, 0.25) is 0 Å². The van der Waals surface area contributed by atoms with Crippen molar-refractivity contribution in [2.75, 3.05) is 11.9 Å². The molecule has 2 aromatic carbocycles. The van der Waals surface area contributed by atoms with Crippen LogP contribution in [0, 0.1) is 5.92 Å². The fraction of sp³-hybridized carbons (Fsp3) is 0.333. The molecule has 5 nitrogen and oxygen atoms in total. The van der Waals surface area contributed by atoms with E-state index in [1.807, 2.05) is 30.3 Å². The minimum Gasteiger partial charge on any atom is -0.489 e. The highest BCUT2D eigenvalue weighted by molar-refractivity contribution is 5.92. The molecule has 1 aliphatic rings. The zero-order valence-electron chi connectivity index (χ0n) is 14.6. The van der Waals surface area contributed by atoms with Gasteiger partial charge in [-0.2, -0.15) is 0 Å². The fourth-order valence-electron chi connectivity index (χ4n) is 2.99. The number of benzene rings is 2. The largest absolute Gasteiger partial charge is 0.489 e. The van der Waals surface area contributed by atoms with Gasteiger partial charge < -0.3 is 14.8 Å². The Morgan fingerprint density at radius 3 is 2.35 bits per heavy atom. The number of rotatable bonds is 7. The second kappa shape index (κ2) is 9.04. The van der Waals surface area contributed by atoms with Crippen LogP contribution in [0.4, 0.5) is 5.69 Å². The minimum absolute atomic E-state index is 0.0381. The Morgan fingerprint density at radius 1 is 0.962 bits per heavy atom. The predicted molar refractivity (Wildman–Crippen MR) is 98.8 cm³/mol. The third-order valence-electron chi connectivity index (χ3n) is 4.42. The second-order valence-corrected chi connectivity index (χ2v) is 6.44. The summed E-state index contributed by atoms with van der Waals surface area (Å²) in [6.07, 6.45) is 3.85. The molecular formula is C21H23NO4. The average Bonchev–Trinajstić information content (AvgIpc) is 3.21. The Balaban J connectivity index is 1.41. The maximum atomic E-state index is 11.9. The van der Waals surface area contributed by atoms with Crippen molar-refractivity contribution in [3.05, 3.63) is 60.2 Å². The van der Waals surface area contributed by atoms with Crippen LogP contribution >= 0.6 is 0 Å². The van der Waals surface area contributed by atoms with Crippen LogP contribution in [0.15, 0.2) is 54.6 Å². The molecule has 1 fully saturated rings. The Morgan fingerprint density at radius 2 is 1.65 bits per heavy atom. The van der Waals surface area contributed by atoms with E-state index in [9.17, 15) is 9.59 Å². The molecule has 136 valence electrons. The lowest BCUT2D eigenvalue weighted by atomic mass is 10.1. The topological polar surface area (TPSA) is 64.6 Å². The lowest BCUT2D eigenvalue weighted by molar-refractivity contribution is -0.151. The number of carbonyl (C=O) groups excluding carboxylic acids is 2. The molecule has 1 amide bonds. The van der Waals surface area contributed by atoms with E-state index in [0.717, 1.165) is 37.0 Å². The highest BCUT2D eigenvalue weighted by Crippen LogP contribution is 2.25. The van der Waals surface area contributed by atoms with Gasteiger partial charge in [-0.3, -0.25) is 9.59 Å². The highest BCUT2D eigenvalue weighted by Gasteiger charge is 2.24. The molecule has 2 aromatic rings. The van der Waals surface area contributed by atoms with Gasteiger partial charge in [-0.25, -0.2) is 0 Å². The Labute approximate surface area is 153 Å². The first-order valence-corrected chi connectivity index (χ1v) is 8.94. The minimum atomic E-state index is -0.339. The summed E-state index contributed by atoms with van der Waals surface area (Å²) in [4.78, 5) is 23.7. The summed E-state index contributed by atoms with van der Waals surface area (Å²) in [7, 11) is 0. The van der Waals surface area contributed by atoms with E-state index in [4.69, 9.17) is 9.47 Å². The Hall–Kier alpha value is -2.82. The van der Waals surface area contributed by atoms with Crippen LogP contribution in [0.25, 0.3) is 0 Å². The average molecular weight is 353 g/mol. The first-order valence-electron chi connectivity index (χ1n) is 8.94. The summed E-state index contributed by atoms with van der Waals surface area (Å²) in [6, 6.07) is 17.0. The molecule has 0 radical (unpaired) electrons. The maximum absolute atomic E-state index is 11.9. The Kier molecular flexibility index (Phi) is 6.25. The molecule has 0 atom stereocenters. The molecule has 0 spiro atoms. The van der Waals surface area contributed by atoms with Crippen LogP contribution in [-0.4, -0.2) is 18.5 Å². The molecule has 0 saturated heterocycles. The molecule has 0 aromatic heterocycles. The number of nitrogens with one attached hydrogen (secondary N) is 1. The van der Waals surface area contributed by atoms with Gasteiger partial charge in [0, 0.05) is 5.69 Å². The van der Waals surface area contributed by atoms with Crippen molar-refractivity contribution >= 4 is 17.6 Å². The number of hydrogen-bond donors (Lipinski definition) is 1. The van der Waals surface area contributed by atoms with Crippen LogP contribution in [0.3, 0.4) is 0 Å². The van der Waals surface area contributed by atoms with E-state index in [2.05, 4.69) is 5.32 Å². The number of anilines is 1. The molecule has 5 heteroatoms. The quantitative estimate of drug-likeness (QED) is 0.766. The van der Waals surface area contributed by atoms with Gasteiger partial charge in [0.05, 0.1) is 5.92 Å². The van der Waals surface area contributed by atoms with E-state index in [1.165, 1.54) is 0 Å². The molecule has 0 heterocycles. The molecule has 26 heavy (non-hydrogen) atoms. The van der Waals surface area contributed by atoms with Gasteiger partial charge in [-0.1, -0.05) is 43.2 Å². The van der Waals surface area contributed by atoms with Crippen molar-refractivity contribution in [3.8, 4) is 5.75 Å². The highest BCUT2D eigenvalue weighted by atomic mass is 16.5. The standard InChI is InChI=1S/C21H23NO4/c23-20(15-26-21(24)17-8-4-5-9-17)22-18-10-12-19(13-11-18)25-14-16-6-2-1-3-7-16/h1-3,6-7,10-13,17H,4-5,8-9,14-15H2,(H,22,23). The van der Waals surface area contributed by atoms with Crippen molar-refractivity contribution in [1.82, 2.24) is 0 Å². The fourth-order valence-corrected chi connectivity index (χ4v) is 2.99. The summed E-state index contributed by atoms with van der Waals surface area (Å²) < 4.78 is 10.8. The van der Waals surface area contributed by atoms with Crippen molar-refractivity contribution in [2.45, 2.75) is 32.3 Å². The zero-order chi connectivity index (χ0) is 18.2. The van der Waals surface area contributed by atoms with Gasteiger partial charge in [-0.05, 0) is 42.7 Å². The van der Waals surface area contributed by atoms with E-state index in [1.54, 1.807) is 24.3 Å². The first-order chi connectivity index (χ1) is 12.7. The number of hydrogen-bond acceptors (Lipinski definition) is 4. The molecule has 1 saturated carbocycles. The molecule has 1 N–H and O–H groups in total. The summed E-state index contributed by atoms with van der Waals surface area (Å²) in [5.74, 6) is 0.0833. The molecule has 3 rings (SSSR count). The zero-order valence-corrected chi connectivity index (χ0v) is 14.6. The van der Waals surface area contributed by atoms with Crippen LogP contribution in [0.2, 0.25) is 0 Å². The van der Waals surface area contributed by atoms with Crippen molar-refractivity contribution < 1.29 is 19.1 Å². The first kappa shape index (κ1) is 18.0. The van der Waals surface area contributed by atoms with Gasteiger partial charge >= 0.3 is 5.97 Å². The van der Waals surface area contributed by atoms with Crippen molar-refractivity contribution in [3.63, 3.8) is 0 Å². The molecule has 0 unspecified atom stereocenters. The van der Waals surface area contributed by atoms with Gasteiger partial charge in [0.1, 0.15) is 12.4 Å². The van der Waals surface area contributed by atoms with E-state index in [0.29, 0.717) is 12.3 Å². The van der Waals surface area contributed by atoms with E-state index < -0.39 is 0 Å². The smallest absolute Gasteiger partial charge is 0.309 e. The number of ether oxygens (including phenoxy) is 2. The van der Waals surface area contributed by atoms with Crippen LogP contribution in [0.1, 0.15) is 31.2 Å². The van der Waals surface area contributed by atoms with Crippen LogP contribution < -0.4 is 10.1 Å². The maximum Gasteiger partial charge on any atom is 0.309 e. The van der Waals surface area contributed by atoms with Crippen LogP contribution in [-0.2, 0) is 20.9 Å². The summed E-state index contributed by atoms with van der Waals surface area (Å²) in [5.41, 5.74) is 1.73. The molecule has 0 bridgehead atoms. The SMILES string of the molecule is O=C(COC(=O)C1CCCC1)Nc1ccc(OCc2ccccc2)cc1. The predicted octanol–water partition coefficient (Wildman–Crippen LogP) is 3.94. The lowest BCUT2D eigenvalue weighted by Crippen LogP contribution is -2.23. The molecule has 1 aliphatic carbocycles. The second-order valence-electron chi connectivity index (χ2n) is 6.44. The normalized spacial score (nSPS) is 14.0. The van der Waals surface area contributed by atoms with Gasteiger partial charge in [0.25, 0.3) is 5.91 Å². The lowest BCUT2D eigenvalue weighted by Gasteiger charge is -2.10. The summed E-state index contributed by atoms with van der Waals surface area (Å²) in [5, 5.41) is 2.72. The Bertz CT molecular complexity index is 721. The van der Waals surface area contributed by atoms with E-state index in [-0.39, 0.29) is 24.4 Å². The third-order valence-corrected chi connectivity index (χ3v) is 4.42. The number of carbonyl (C=O) groups is 2. The van der Waals surface area contributed by atoms with Gasteiger partial charge in [-0.15, -0.1) is 0 Å². The van der Waals surface area contributed by atoms with Crippen molar-refractivity contribution in [1.29, 1.82) is 0 Å².